The molecular weight excluding hydrogens is 310 g/mol. The summed E-state index contributed by atoms with van der Waals surface area (Å²) >= 11 is 0. The average Bonchev–Trinajstić information content (AvgIpc) is 3.14. The second kappa shape index (κ2) is 7.78. The van der Waals surface area contributed by atoms with E-state index in [0.717, 1.165) is 25.1 Å². The van der Waals surface area contributed by atoms with Crippen LogP contribution < -0.4 is 20.1 Å². The van der Waals surface area contributed by atoms with E-state index in [1.807, 2.05) is 18.2 Å². The monoisotopic (exact) mass is 331 g/mol. The van der Waals surface area contributed by atoms with E-state index in [2.05, 4.69) is 25.8 Å². The lowest BCUT2D eigenvalue weighted by molar-refractivity contribution is 0.120. The van der Waals surface area contributed by atoms with Gasteiger partial charge < -0.3 is 24.8 Å². The van der Waals surface area contributed by atoms with E-state index in [1.54, 1.807) is 20.4 Å². The van der Waals surface area contributed by atoms with E-state index in [9.17, 15) is 0 Å². The van der Waals surface area contributed by atoms with E-state index < -0.39 is 0 Å². The number of aromatic nitrogens is 3. The summed E-state index contributed by atoms with van der Waals surface area (Å²) < 4.78 is 16.1. The highest BCUT2D eigenvalue weighted by Gasteiger charge is 2.15. The number of anilines is 3. The number of nitrogens with one attached hydrogen (secondary N) is 2. The van der Waals surface area contributed by atoms with Gasteiger partial charge in [-0.05, 0) is 25.0 Å². The van der Waals surface area contributed by atoms with Gasteiger partial charge in [-0.1, -0.05) is 0 Å². The van der Waals surface area contributed by atoms with Gasteiger partial charge in [-0.2, -0.15) is 10.1 Å². The molecule has 1 aliphatic heterocycles. The summed E-state index contributed by atoms with van der Waals surface area (Å²) in [5, 5.41) is 14.3. The molecule has 2 N–H and O–H groups in total. The molecule has 0 amide bonds. The van der Waals surface area contributed by atoms with Crippen molar-refractivity contribution in [3.8, 4) is 11.5 Å². The van der Waals surface area contributed by atoms with Crippen LogP contribution in [-0.2, 0) is 4.74 Å². The Kier molecular flexibility index (Phi) is 5.27. The number of rotatable bonds is 7. The maximum Gasteiger partial charge on any atom is 0.249 e. The molecule has 2 heterocycles. The summed E-state index contributed by atoms with van der Waals surface area (Å²) in [6.45, 7) is 1.55. The minimum atomic E-state index is 0.238. The topological polar surface area (TPSA) is 90.4 Å². The lowest BCUT2D eigenvalue weighted by atomic mass is 10.2. The molecular formula is C16H21N5O3. The van der Waals surface area contributed by atoms with Gasteiger partial charge in [-0.25, -0.2) is 0 Å². The minimum Gasteiger partial charge on any atom is -0.493 e. The van der Waals surface area contributed by atoms with Gasteiger partial charge in [0.2, 0.25) is 5.95 Å². The Hall–Kier alpha value is -2.61. The van der Waals surface area contributed by atoms with Crippen LogP contribution in [0.4, 0.5) is 17.5 Å². The van der Waals surface area contributed by atoms with E-state index in [1.165, 1.54) is 0 Å². The molecule has 1 aromatic heterocycles. The van der Waals surface area contributed by atoms with Crippen LogP contribution in [0, 0.1) is 0 Å². The Balaban J connectivity index is 1.65. The molecule has 24 heavy (non-hydrogen) atoms. The summed E-state index contributed by atoms with van der Waals surface area (Å²) in [6.07, 6.45) is 4.01. The maximum atomic E-state index is 5.58. The standard InChI is InChI=1S/C16H21N5O3/c1-22-13-6-5-11(8-14(13)23-2)19-16-20-15(10-18-21-16)17-9-12-4-3-7-24-12/h5-6,8,10,12H,3-4,7,9H2,1-2H3,(H2,17,19,20,21). The van der Waals surface area contributed by atoms with Crippen molar-refractivity contribution < 1.29 is 14.2 Å². The van der Waals surface area contributed by atoms with Crippen LogP contribution in [0.25, 0.3) is 0 Å². The first-order valence-corrected chi connectivity index (χ1v) is 7.82. The van der Waals surface area contributed by atoms with Crippen molar-refractivity contribution in [3.05, 3.63) is 24.4 Å². The molecule has 128 valence electrons. The Bertz CT molecular complexity index is 677. The molecule has 0 aliphatic carbocycles. The van der Waals surface area contributed by atoms with E-state index in [-0.39, 0.29) is 6.10 Å². The van der Waals surface area contributed by atoms with Crippen molar-refractivity contribution in [1.82, 2.24) is 15.2 Å². The normalized spacial score (nSPS) is 16.7. The van der Waals surface area contributed by atoms with Crippen molar-refractivity contribution >= 4 is 17.5 Å². The maximum absolute atomic E-state index is 5.58. The zero-order valence-electron chi connectivity index (χ0n) is 13.8. The lowest BCUT2D eigenvalue weighted by Gasteiger charge is -2.12. The number of ether oxygens (including phenoxy) is 3. The molecule has 8 heteroatoms. The SMILES string of the molecule is COc1ccc(Nc2nncc(NCC3CCCO3)n2)cc1OC. The summed E-state index contributed by atoms with van der Waals surface area (Å²) in [5.74, 6) is 2.35. The molecule has 1 aromatic carbocycles. The Labute approximate surface area is 140 Å². The van der Waals surface area contributed by atoms with Gasteiger partial charge >= 0.3 is 0 Å². The molecule has 2 aromatic rings. The molecule has 8 nitrogen and oxygen atoms in total. The molecule has 0 saturated carbocycles. The first kappa shape index (κ1) is 16.3. The fourth-order valence-corrected chi connectivity index (χ4v) is 2.51. The van der Waals surface area contributed by atoms with Gasteiger partial charge in [0.1, 0.15) is 0 Å². The predicted molar refractivity (Wildman–Crippen MR) is 90.1 cm³/mol. The predicted octanol–water partition coefficient (Wildman–Crippen LogP) is 2.22. The largest absolute Gasteiger partial charge is 0.493 e. The van der Waals surface area contributed by atoms with Crippen molar-refractivity contribution in [3.63, 3.8) is 0 Å². The Morgan fingerprint density at radius 1 is 1.25 bits per heavy atom. The summed E-state index contributed by atoms with van der Waals surface area (Å²) in [4.78, 5) is 4.40. The summed E-state index contributed by atoms with van der Waals surface area (Å²) in [7, 11) is 3.19. The van der Waals surface area contributed by atoms with Gasteiger partial charge in [0.15, 0.2) is 17.3 Å². The second-order valence-electron chi connectivity index (χ2n) is 5.38. The number of hydrogen-bond acceptors (Lipinski definition) is 8. The molecule has 1 atom stereocenters. The first-order chi connectivity index (χ1) is 11.8. The fourth-order valence-electron chi connectivity index (χ4n) is 2.51. The average molecular weight is 331 g/mol. The zero-order valence-corrected chi connectivity index (χ0v) is 13.8. The minimum absolute atomic E-state index is 0.238. The van der Waals surface area contributed by atoms with Crippen molar-refractivity contribution in [1.29, 1.82) is 0 Å². The fraction of sp³-hybridized carbons (Fsp3) is 0.438. The summed E-state index contributed by atoms with van der Waals surface area (Å²) in [5.41, 5.74) is 0.783. The van der Waals surface area contributed by atoms with E-state index in [0.29, 0.717) is 29.8 Å². The van der Waals surface area contributed by atoms with Crippen LogP contribution in [0.2, 0.25) is 0 Å². The van der Waals surface area contributed by atoms with Crippen LogP contribution in [0.1, 0.15) is 12.8 Å². The number of benzene rings is 1. The number of nitrogens with zero attached hydrogens (tertiary/aromatic N) is 3. The van der Waals surface area contributed by atoms with Gasteiger partial charge in [0.25, 0.3) is 0 Å². The van der Waals surface area contributed by atoms with Crippen LogP contribution >= 0.6 is 0 Å². The van der Waals surface area contributed by atoms with Crippen molar-refractivity contribution in [2.24, 2.45) is 0 Å². The molecule has 1 unspecified atom stereocenters. The van der Waals surface area contributed by atoms with Gasteiger partial charge in [-0.15, -0.1) is 5.10 Å². The van der Waals surface area contributed by atoms with Crippen LogP contribution in [-0.4, -0.2) is 48.7 Å². The Morgan fingerprint density at radius 2 is 2.12 bits per heavy atom. The number of hydrogen-bond donors (Lipinski definition) is 2. The van der Waals surface area contributed by atoms with E-state index >= 15 is 0 Å². The van der Waals surface area contributed by atoms with Gasteiger partial charge in [0.05, 0.1) is 26.5 Å². The molecule has 1 saturated heterocycles. The molecule has 0 spiro atoms. The van der Waals surface area contributed by atoms with Crippen molar-refractivity contribution in [2.45, 2.75) is 18.9 Å². The third kappa shape index (κ3) is 4.02. The molecule has 3 rings (SSSR count). The smallest absolute Gasteiger partial charge is 0.249 e. The highest BCUT2D eigenvalue weighted by Crippen LogP contribution is 2.30. The summed E-state index contributed by atoms with van der Waals surface area (Å²) in [6, 6.07) is 5.49. The highest BCUT2D eigenvalue weighted by molar-refractivity contribution is 5.60. The van der Waals surface area contributed by atoms with Crippen molar-refractivity contribution in [2.75, 3.05) is 38.0 Å². The van der Waals surface area contributed by atoms with Crippen LogP contribution in [0.3, 0.4) is 0 Å². The number of methoxy groups -OCH3 is 2. The third-order valence-electron chi connectivity index (χ3n) is 3.73. The lowest BCUT2D eigenvalue weighted by Crippen LogP contribution is -2.19. The van der Waals surface area contributed by atoms with Crippen LogP contribution in [0.5, 0.6) is 11.5 Å². The Morgan fingerprint density at radius 3 is 2.88 bits per heavy atom. The second-order valence-corrected chi connectivity index (χ2v) is 5.38. The first-order valence-electron chi connectivity index (χ1n) is 7.82. The molecule has 1 aliphatic rings. The molecule has 0 radical (unpaired) electrons. The van der Waals surface area contributed by atoms with Gasteiger partial charge in [-0.3, -0.25) is 0 Å². The zero-order chi connectivity index (χ0) is 16.8. The van der Waals surface area contributed by atoms with E-state index in [4.69, 9.17) is 14.2 Å². The van der Waals surface area contributed by atoms with Gasteiger partial charge in [0, 0.05) is 24.9 Å². The third-order valence-corrected chi connectivity index (χ3v) is 3.73. The highest BCUT2D eigenvalue weighted by atomic mass is 16.5. The quantitative estimate of drug-likeness (QED) is 0.798. The van der Waals surface area contributed by atoms with Crippen LogP contribution in [0.15, 0.2) is 24.4 Å². The molecule has 1 fully saturated rings. The molecule has 0 bridgehead atoms.